The maximum absolute atomic E-state index is 13.2. The summed E-state index contributed by atoms with van der Waals surface area (Å²) in [4.78, 5) is 21.2. The Balaban J connectivity index is 1.58. The molecule has 162 valence electrons. The van der Waals surface area contributed by atoms with E-state index < -0.39 is 28.1 Å². The first-order valence-electron chi connectivity index (χ1n) is 9.68. The lowest BCUT2D eigenvalue weighted by Crippen LogP contribution is -2.46. The van der Waals surface area contributed by atoms with Crippen molar-refractivity contribution in [2.45, 2.75) is 30.8 Å². The molecule has 7 nitrogen and oxygen atoms in total. The van der Waals surface area contributed by atoms with Crippen LogP contribution in [0.25, 0.3) is 10.9 Å². The predicted molar refractivity (Wildman–Crippen MR) is 106 cm³/mol. The lowest BCUT2D eigenvalue weighted by atomic mass is 10.0. The average molecular weight is 442 g/mol. The third-order valence-corrected chi connectivity index (χ3v) is 6.78. The number of rotatable bonds is 5. The van der Waals surface area contributed by atoms with E-state index in [1.54, 1.807) is 10.8 Å². The monoisotopic (exact) mass is 442 g/mol. The summed E-state index contributed by atoms with van der Waals surface area (Å²) in [5.41, 5.74) is -3.33. The first-order chi connectivity index (χ1) is 14.2. The number of anilines is 1. The van der Waals surface area contributed by atoms with Crippen LogP contribution < -0.4 is 9.62 Å². The molecule has 2 saturated heterocycles. The fourth-order valence-electron chi connectivity index (χ4n) is 3.85. The normalized spacial score (nSPS) is 19.9. The number of carbonyl (C=O) groups excluding carboxylic acids is 1. The van der Waals surface area contributed by atoms with Gasteiger partial charge in [0, 0.05) is 49.5 Å². The number of pyridine rings is 1. The van der Waals surface area contributed by atoms with Crippen LogP contribution in [0.1, 0.15) is 29.6 Å². The SMILES string of the molecule is O=C(c1ccnc2ccc(N3CCC3)cc12)N1CCCC1CNS(=O)(=O)C(F)(F)F. The third-order valence-electron chi connectivity index (χ3n) is 5.63. The minimum absolute atomic E-state index is 0.336. The van der Waals surface area contributed by atoms with E-state index in [1.807, 2.05) is 18.2 Å². The summed E-state index contributed by atoms with van der Waals surface area (Å²) in [6.45, 7) is 1.77. The van der Waals surface area contributed by atoms with Gasteiger partial charge in [-0.3, -0.25) is 9.78 Å². The molecular formula is C19H21F3N4O3S. The summed E-state index contributed by atoms with van der Waals surface area (Å²) in [5, 5.41) is 0.674. The second-order valence-corrected chi connectivity index (χ2v) is 9.25. The number of sulfonamides is 1. The Bertz CT molecular complexity index is 1070. The van der Waals surface area contributed by atoms with E-state index >= 15 is 0 Å². The highest BCUT2D eigenvalue weighted by Crippen LogP contribution is 2.29. The third kappa shape index (κ3) is 3.83. The molecule has 11 heteroatoms. The minimum Gasteiger partial charge on any atom is -0.371 e. The van der Waals surface area contributed by atoms with Gasteiger partial charge >= 0.3 is 15.5 Å². The fourth-order valence-corrected chi connectivity index (χ4v) is 4.43. The number of carbonyl (C=O) groups is 1. The van der Waals surface area contributed by atoms with Crippen LogP contribution in [0.5, 0.6) is 0 Å². The molecule has 1 amide bonds. The lowest BCUT2D eigenvalue weighted by Gasteiger charge is -2.33. The smallest absolute Gasteiger partial charge is 0.371 e. The summed E-state index contributed by atoms with van der Waals surface area (Å²) in [6.07, 6.45) is 3.65. The van der Waals surface area contributed by atoms with Crippen LogP contribution in [0.4, 0.5) is 18.9 Å². The van der Waals surface area contributed by atoms with Gasteiger partial charge in [0.15, 0.2) is 0 Å². The minimum atomic E-state index is -5.45. The highest BCUT2D eigenvalue weighted by atomic mass is 32.2. The summed E-state index contributed by atoms with van der Waals surface area (Å²) < 4.78 is 62.0. The molecule has 4 rings (SSSR count). The molecule has 0 aliphatic carbocycles. The van der Waals surface area contributed by atoms with Gasteiger partial charge in [0.1, 0.15) is 0 Å². The van der Waals surface area contributed by atoms with Crippen molar-refractivity contribution in [1.82, 2.24) is 14.6 Å². The summed E-state index contributed by atoms with van der Waals surface area (Å²) >= 11 is 0. The van der Waals surface area contributed by atoms with Crippen LogP contribution in [-0.2, 0) is 10.0 Å². The van der Waals surface area contributed by atoms with E-state index in [0.717, 1.165) is 25.2 Å². The van der Waals surface area contributed by atoms with E-state index in [4.69, 9.17) is 0 Å². The Morgan fingerprint density at radius 1 is 1.17 bits per heavy atom. The van der Waals surface area contributed by atoms with Gasteiger partial charge in [-0.25, -0.2) is 13.1 Å². The number of nitrogens with one attached hydrogen (secondary N) is 1. The number of likely N-dealkylation sites (tertiary alicyclic amines) is 1. The number of hydrogen-bond acceptors (Lipinski definition) is 5. The lowest BCUT2D eigenvalue weighted by molar-refractivity contribution is -0.0448. The van der Waals surface area contributed by atoms with Gasteiger partial charge in [0.25, 0.3) is 5.91 Å². The van der Waals surface area contributed by atoms with Gasteiger partial charge < -0.3 is 9.80 Å². The van der Waals surface area contributed by atoms with Gasteiger partial charge in [0.2, 0.25) is 0 Å². The molecule has 0 radical (unpaired) electrons. The first kappa shape index (κ1) is 20.9. The molecule has 1 N–H and O–H groups in total. The topological polar surface area (TPSA) is 82.6 Å². The first-order valence-corrected chi connectivity index (χ1v) is 11.2. The number of fused-ring (bicyclic) bond motifs is 1. The maximum atomic E-state index is 13.2. The van der Waals surface area contributed by atoms with Gasteiger partial charge in [-0.15, -0.1) is 0 Å². The molecule has 3 heterocycles. The van der Waals surface area contributed by atoms with Crippen molar-refractivity contribution >= 4 is 32.5 Å². The molecule has 2 aliphatic rings. The molecule has 2 aliphatic heterocycles. The number of nitrogens with zero attached hydrogens (tertiary/aromatic N) is 3. The van der Waals surface area contributed by atoms with E-state index in [9.17, 15) is 26.4 Å². The van der Waals surface area contributed by atoms with E-state index in [-0.39, 0.29) is 5.91 Å². The number of alkyl halides is 3. The van der Waals surface area contributed by atoms with Gasteiger partial charge in [-0.1, -0.05) is 0 Å². The zero-order valence-corrected chi connectivity index (χ0v) is 16.8. The van der Waals surface area contributed by atoms with Crippen molar-refractivity contribution in [3.05, 3.63) is 36.0 Å². The van der Waals surface area contributed by atoms with E-state index in [0.29, 0.717) is 35.9 Å². The summed E-state index contributed by atoms with van der Waals surface area (Å²) in [6, 6.07) is 6.66. The predicted octanol–water partition coefficient (Wildman–Crippen LogP) is 2.49. The quantitative estimate of drug-likeness (QED) is 0.770. The standard InChI is InChI=1S/C19H21F3N4O3S/c20-19(21,22)30(28,29)24-12-14-3-1-10-26(14)18(27)15-6-7-23-17-5-4-13(11-16(15)17)25-8-2-9-25/h4-7,11,14,24H,1-3,8-10,12H2. The molecule has 0 saturated carbocycles. The van der Waals surface area contributed by atoms with Crippen molar-refractivity contribution in [1.29, 1.82) is 0 Å². The number of amides is 1. The Morgan fingerprint density at radius 3 is 2.60 bits per heavy atom. The van der Waals surface area contributed by atoms with Crippen LogP contribution in [0.3, 0.4) is 0 Å². The number of benzene rings is 1. The molecule has 30 heavy (non-hydrogen) atoms. The fraction of sp³-hybridized carbons (Fsp3) is 0.474. The van der Waals surface area contributed by atoms with Crippen LogP contribution in [0, 0.1) is 0 Å². The Hall–Kier alpha value is -2.40. The molecule has 0 spiro atoms. The second-order valence-electron chi connectivity index (χ2n) is 7.49. The van der Waals surface area contributed by atoms with Gasteiger partial charge in [-0.05, 0) is 43.5 Å². The van der Waals surface area contributed by atoms with Crippen molar-refractivity contribution in [3.8, 4) is 0 Å². The molecule has 1 aromatic carbocycles. The Kier molecular flexibility index (Phi) is 5.35. The van der Waals surface area contributed by atoms with Crippen molar-refractivity contribution in [2.24, 2.45) is 0 Å². The van der Waals surface area contributed by atoms with E-state index in [1.165, 1.54) is 11.1 Å². The zero-order valence-electron chi connectivity index (χ0n) is 16.0. The summed E-state index contributed by atoms with van der Waals surface area (Å²) in [5.74, 6) is -0.336. The molecule has 2 fully saturated rings. The largest absolute Gasteiger partial charge is 0.511 e. The van der Waals surface area contributed by atoms with Crippen molar-refractivity contribution < 1.29 is 26.4 Å². The maximum Gasteiger partial charge on any atom is 0.511 e. The molecule has 0 bridgehead atoms. The van der Waals surface area contributed by atoms with Crippen molar-refractivity contribution in [2.75, 3.05) is 31.1 Å². The van der Waals surface area contributed by atoms with Gasteiger partial charge in [0.05, 0.1) is 11.1 Å². The number of halogens is 3. The van der Waals surface area contributed by atoms with Crippen LogP contribution >= 0.6 is 0 Å². The van der Waals surface area contributed by atoms with Crippen LogP contribution in [-0.4, -0.2) is 61.9 Å². The molecule has 1 aromatic heterocycles. The molecule has 2 aromatic rings. The Labute approximate surface area is 171 Å². The number of aromatic nitrogens is 1. The van der Waals surface area contributed by atoms with E-state index in [2.05, 4.69) is 9.88 Å². The zero-order chi connectivity index (χ0) is 21.5. The molecule has 1 atom stereocenters. The molecular weight excluding hydrogens is 421 g/mol. The summed E-state index contributed by atoms with van der Waals surface area (Å²) in [7, 11) is -5.45. The van der Waals surface area contributed by atoms with Crippen LogP contribution in [0.2, 0.25) is 0 Å². The van der Waals surface area contributed by atoms with Gasteiger partial charge in [-0.2, -0.15) is 13.2 Å². The Morgan fingerprint density at radius 2 is 1.93 bits per heavy atom. The second kappa shape index (κ2) is 7.69. The average Bonchev–Trinajstić information content (AvgIpc) is 3.12. The van der Waals surface area contributed by atoms with Crippen LogP contribution in [0.15, 0.2) is 30.5 Å². The number of hydrogen-bond donors (Lipinski definition) is 1. The highest BCUT2D eigenvalue weighted by molar-refractivity contribution is 7.90. The highest BCUT2D eigenvalue weighted by Gasteiger charge is 2.46. The van der Waals surface area contributed by atoms with Crippen molar-refractivity contribution in [3.63, 3.8) is 0 Å². The molecule has 1 unspecified atom stereocenters.